The van der Waals surface area contributed by atoms with Crippen molar-refractivity contribution in [3.05, 3.63) is 29.3 Å². The minimum atomic E-state index is -0.584. The molecule has 0 unspecified atom stereocenters. The van der Waals surface area contributed by atoms with Gasteiger partial charge in [0.25, 0.3) is 0 Å². The summed E-state index contributed by atoms with van der Waals surface area (Å²) < 4.78 is 0. The summed E-state index contributed by atoms with van der Waals surface area (Å²) in [5, 5.41) is 3.12. The zero-order valence-electron chi connectivity index (χ0n) is 11.8. The van der Waals surface area contributed by atoms with Crippen LogP contribution in [0.3, 0.4) is 0 Å². The van der Waals surface area contributed by atoms with E-state index in [1.54, 1.807) is 36.2 Å². The first-order valence-corrected chi connectivity index (χ1v) is 6.83. The Morgan fingerprint density at radius 3 is 2.67 bits per heavy atom. The van der Waals surface area contributed by atoms with Crippen LogP contribution in [0, 0.1) is 0 Å². The normalized spacial score (nSPS) is 18.5. The second-order valence-electron chi connectivity index (χ2n) is 4.95. The molecule has 1 aliphatic heterocycles. The fourth-order valence-electron chi connectivity index (χ4n) is 2.17. The fraction of sp³-hybridized carbons (Fsp3) is 0.357. The summed E-state index contributed by atoms with van der Waals surface area (Å²) in [6.45, 7) is 0.00273. The predicted molar refractivity (Wildman–Crippen MR) is 78.9 cm³/mol. The number of likely N-dealkylation sites (tertiary alicyclic amines) is 1. The summed E-state index contributed by atoms with van der Waals surface area (Å²) in [7, 11) is 3.09. The molecule has 0 spiro atoms. The van der Waals surface area contributed by atoms with E-state index in [1.807, 2.05) is 0 Å². The quantitative estimate of drug-likeness (QED) is 0.841. The number of halogens is 1. The van der Waals surface area contributed by atoms with E-state index < -0.39 is 6.04 Å². The number of nitrogens with one attached hydrogen (secondary N) is 1. The first-order chi connectivity index (χ1) is 9.90. The lowest BCUT2D eigenvalue weighted by Crippen LogP contribution is -2.42. The molecule has 3 amide bonds. The van der Waals surface area contributed by atoms with Gasteiger partial charge in [-0.25, -0.2) is 0 Å². The van der Waals surface area contributed by atoms with E-state index in [-0.39, 0.29) is 30.7 Å². The van der Waals surface area contributed by atoms with Crippen molar-refractivity contribution in [3.8, 4) is 0 Å². The number of imide groups is 1. The summed E-state index contributed by atoms with van der Waals surface area (Å²) in [6.07, 6.45) is 0.102. The van der Waals surface area contributed by atoms with E-state index in [9.17, 15) is 14.4 Å². The third kappa shape index (κ3) is 3.40. The number of carbonyl (C=O) groups is 3. The molecule has 1 atom stereocenters. The van der Waals surface area contributed by atoms with Gasteiger partial charge in [0.2, 0.25) is 17.7 Å². The smallest absolute Gasteiger partial charge is 0.246 e. The molecule has 1 fully saturated rings. The van der Waals surface area contributed by atoms with Crippen molar-refractivity contribution >= 4 is 35.0 Å². The zero-order chi connectivity index (χ0) is 15.6. The summed E-state index contributed by atoms with van der Waals surface area (Å²) >= 11 is 5.96. The molecular formula is C14H16ClN3O3. The van der Waals surface area contributed by atoms with Crippen LogP contribution < -0.4 is 5.32 Å². The molecular weight excluding hydrogens is 294 g/mol. The Morgan fingerprint density at radius 2 is 2.10 bits per heavy atom. The van der Waals surface area contributed by atoms with Crippen LogP contribution >= 0.6 is 11.6 Å². The van der Waals surface area contributed by atoms with Crippen molar-refractivity contribution in [2.75, 3.05) is 26.0 Å². The summed E-state index contributed by atoms with van der Waals surface area (Å²) in [5.74, 6) is -0.809. The summed E-state index contributed by atoms with van der Waals surface area (Å²) in [5.41, 5.74) is 0.517. The predicted octanol–water partition coefficient (Wildman–Crippen LogP) is 0.968. The van der Waals surface area contributed by atoms with Crippen LogP contribution in [0.25, 0.3) is 0 Å². The molecule has 0 aliphatic carbocycles. The maximum absolute atomic E-state index is 12.0. The highest BCUT2D eigenvalue weighted by Crippen LogP contribution is 2.21. The molecule has 0 radical (unpaired) electrons. The molecule has 112 valence electrons. The highest BCUT2D eigenvalue weighted by atomic mass is 35.5. The molecule has 1 aromatic carbocycles. The Balaban J connectivity index is 1.96. The lowest BCUT2D eigenvalue weighted by Gasteiger charge is -2.21. The number of anilines is 1. The molecule has 1 aliphatic rings. The average Bonchev–Trinajstić information content (AvgIpc) is 2.69. The van der Waals surface area contributed by atoms with Crippen LogP contribution in [0.5, 0.6) is 0 Å². The van der Waals surface area contributed by atoms with Crippen LogP contribution in [-0.2, 0) is 14.4 Å². The van der Waals surface area contributed by atoms with Crippen LogP contribution in [0.15, 0.2) is 24.3 Å². The van der Waals surface area contributed by atoms with Crippen molar-refractivity contribution in [2.24, 2.45) is 0 Å². The van der Waals surface area contributed by atoms with Crippen molar-refractivity contribution in [2.45, 2.75) is 12.5 Å². The van der Waals surface area contributed by atoms with Gasteiger partial charge in [-0.3, -0.25) is 24.2 Å². The second kappa shape index (κ2) is 6.24. The molecule has 0 bridgehead atoms. The fourth-order valence-corrected chi connectivity index (χ4v) is 2.35. The number of benzene rings is 1. The van der Waals surface area contributed by atoms with Crippen LogP contribution in [0.2, 0.25) is 5.02 Å². The standard InChI is InChI=1S/C14H16ClN3O3/c1-17(11-7-13(20)18(2)14(11)21)8-12(19)16-10-6-4-3-5-9(10)15/h3-6,11H,7-8H2,1-2H3,(H,16,19)/t11-/m0/s1. The van der Waals surface area contributed by atoms with Gasteiger partial charge in [0.05, 0.1) is 29.7 Å². The van der Waals surface area contributed by atoms with Crippen molar-refractivity contribution < 1.29 is 14.4 Å². The molecule has 21 heavy (non-hydrogen) atoms. The molecule has 1 heterocycles. The van der Waals surface area contributed by atoms with E-state index >= 15 is 0 Å². The number of para-hydroxylation sites is 1. The van der Waals surface area contributed by atoms with E-state index in [4.69, 9.17) is 11.6 Å². The van der Waals surface area contributed by atoms with E-state index in [1.165, 1.54) is 7.05 Å². The maximum Gasteiger partial charge on any atom is 0.246 e. The molecule has 1 saturated heterocycles. The molecule has 1 N–H and O–H groups in total. The van der Waals surface area contributed by atoms with Gasteiger partial charge in [0, 0.05) is 7.05 Å². The molecule has 2 rings (SSSR count). The molecule has 1 aromatic rings. The molecule has 6 nitrogen and oxygen atoms in total. The maximum atomic E-state index is 12.0. The second-order valence-corrected chi connectivity index (χ2v) is 5.36. The average molecular weight is 310 g/mol. The van der Waals surface area contributed by atoms with E-state index in [0.717, 1.165) is 4.90 Å². The lowest BCUT2D eigenvalue weighted by atomic mass is 10.2. The highest BCUT2D eigenvalue weighted by molar-refractivity contribution is 6.33. The summed E-state index contributed by atoms with van der Waals surface area (Å²) in [6, 6.07) is 6.31. The Morgan fingerprint density at radius 1 is 1.43 bits per heavy atom. The van der Waals surface area contributed by atoms with Crippen LogP contribution in [-0.4, -0.2) is 54.2 Å². The van der Waals surface area contributed by atoms with Crippen molar-refractivity contribution in [3.63, 3.8) is 0 Å². The Kier molecular flexibility index (Phi) is 4.59. The number of carbonyl (C=O) groups excluding carboxylic acids is 3. The SMILES string of the molecule is CN1C(=O)C[C@H](N(C)CC(=O)Nc2ccccc2Cl)C1=O. The lowest BCUT2D eigenvalue weighted by molar-refractivity contribution is -0.137. The van der Waals surface area contributed by atoms with Crippen molar-refractivity contribution in [1.29, 1.82) is 0 Å². The van der Waals surface area contributed by atoms with Gasteiger partial charge in [-0.15, -0.1) is 0 Å². The Labute approximate surface area is 127 Å². The van der Waals surface area contributed by atoms with Crippen LogP contribution in [0.4, 0.5) is 5.69 Å². The number of amides is 3. The van der Waals surface area contributed by atoms with Crippen LogP contribution in [0.1, 0.15) is 6.42 Å². The molecule has 7 heteroatoms. The highest BCUT2D eigenvalue weighted by Gasteiger charge is 2.38. The number of hydrogen-bond donors (Lipinski definition) is 1. The third-order valence-electron chi connectivity index (χ3n) is 3.43. The number of nitrogens with zero attached hydrogens (tertiary/aromatic N) is 2. The van der Waals surface area contributed by atoms with E-state index in [0.29, 0.717) is 10.7 Å². The van der Waals surface area contributed by atoms with Gasteiger partial charge in [-0.1, -0.05) is 23.7 Å². The number of hydrogen-bond acceptors (Lipinski definition) is 4. The number of rotatable bonds is 4. The first-order valence-electron chi connectivity index (χ1n) is 6.45. The molecule has 0 aromatic heterocycles. The monoisotopic (exact) mass is 309 g/mol. The minimum Gasteiger partial charge on any atom is -0.324 e. The number of likely N-dealkylation sites (N-methyl/N-ethyl adjacent to an activating group) is 2. The Bertz CT molecular complexity index is 591. The largest absolute Gasteiger partial charge is 0.324 e. The zero-order valence-corrected chi connectivity index (χ0v) is 12.6. The van der Waals surface area contributed by atoms with Gasteiger partial charge in [-0.05, 0) is 19.2 Å². The summed E-state index contributed by atoms with van der Waals surface area (Å²) in [4.78, 5) is 38.0. The van der Waals surface area contributed by atoms with Crippen molar-refractivity contribution in [1.82, 2.24) is 9.80 Å². The van der Waals surface area contributed by atoms with Gasteiger partial charge in [0.15, 0.2) is 0 Å². The first kappa shape index (κ1) is 15.5. The van der Waals surface area contributed by atoms with E-state index in [2.05, 4.69) is 5.32 Å². The van der Waals surface area contributed by atoms with Gasteiger partial charge in [-0.2, -0.15) is 0 Å². The van der Waals surface area contributed by atoms with Gasteiger partial charge >= 0.3 is 0 Å². The Hall–Kier alpha value is -1.92. The minimum absolute atomic E-state index is 0.00273. The van der Waals surface area contributed by atoms with Gasteiger partial charge < -0.3 is 5.32 Å². The molecule has 0 saturated carbocycles. The van der Waals surface area contributed by atoms with Gasteiger partial charge in [0.1, 0.15) is 0 Å². The topological polar surface area (TPSA) is 69.7 Å². The third-order valence-corrected chi connectivity index (χ3v) is 3.76.